The average Bonchev–Trinajstić information content (AvgIpc) is 2.62. The highest BCUT2D eigenvalue weighted by Gasteiger charge is 2.43. The SMILES string of the molecule is C#C[C@@H](C)C1CCC2C(O)CCCC21. The van der Waals surface area contributed by atoms with E-state index in [9.17, 15) is 5.11 Å². The molecule has 1 nitrogen and oxygen atoms in total. The van der Waals surface area contributed by atoms with E-state index in [1.807, 2.05) is 0 Å². The van der Waals surface area contributed by atoms with Gasteiger partial charge in [0.05, 0.1) is 6.10 Å². The lowest BCUT2D eigenvalue weighted by atomic mass is 9.73. The molecule has 0 spiro atoms. The van der Waals surface area contributed by atoms with Crippen molar-refractivity contribution in [1.29, 1.82) is 0 Å². The first-order chi connectivity index (χ1) is 6.74. The van der Waals surface area contributed by atoms with Gasteiger partial charge in [0.25, 0.3) is 0 Å². The van der Waals surface area contributed by atoms with Crippen LogP contribution < -0.4 is 0 Å². The van der Waals surface area contributed by atoms with Crippen molar-refractivity contribution in [1.82, 2.24) is 0 Å². The predicted octanol–water partition coefficient (Wildman–Crippen LogP) is 2.44. The lowest BCUT2D eigenvalue weighted by Crippen LogP contribution is -2.32. The first-order valence-corrected chi connectivity index (χ1v) is 5.88. The van der Waals surface area contributed by atoms with Crippen molar-refractivity contribution in [2.24, 2.45) is 23.7 Å². The van der Waals surface area contributed by atoms with Gasteiger partial charge in [0.15, 0.2) is 0 Å². The van der Waals surface area contributed by atoms with Crippen LogP contribution in [0.4, 0.5) is 0 Å². The van der Waals surface area contributed by atoms with Gasteiger partial charge in [0, 0.05) is 5.92 Å². The van der Waals surface area contributed by atoms with Crippen molar-refractivity contribution in [3.63, 3.8) is 0 Å². The van der Waals surface area contributed by atoms with Crippen molar-refractivity contribution in [2.75, 3.05) is 0 Å². The Hall–Kier alpha value is -0.480. The standard InChI is InChI=1S/C13H20O/c1-3-9(2)10-7-8-12-11(10)5-4-6-13(12)14/h1,9-14H,4-8H2,2H3/t9-,10?,11?,12?,13?/m1/s1. The molecule has 0 aromatic rings. The lowest BCUT2D eigenvalue weighted by Gasteiger charge is -2.34. The average molecular weight is 192 g/mol. The summed E-state index contributed by atoms with van der Waals surface area (Å²) in [7, 11) is 0. The Labute approximate surface area is 86.9 Å². The molecule has 0 radical (unpaired) electrons. The van der Waals surface area contributed by atoms with Crippen LogP contribution in [0.2, 0.25) is 0 Å². The number of fused-ring (bicyclic) bond motifs is 1. The van der Waals surface area contributed by atoms with Crippen LogP contribution in [-0.2, 0) is 0 Å². The molecule has 14 heavy (non-hydrogen) atoms. The number of rotatable bonds is 1. The van der Waals surface area contributed by atoms with Crippen LogP contribution in [0.1, 0.15) is 39.0 Å². The highest BCUT2D eigenvalue weighted by Crippen LogP contribution is 2.48. The smallest absolute Gasteiger partial charge is 0.0571 e. The summed E-state index contributed by atoms with van der Waals surface area (Å²) in [6.45, 7) is 2.16. The number of hydrogen-bond donors (Lipinski definition) is 1. The molecule has 2 rings (SSSR count). The molecular weight excluding hydrogens is 172 g/mol. The highest BCUT2D eigenvalue weighted by molar-refractivity contribution is 5.01. The maximum Gasteiger partial charge on any atom is 0.0571 e. The Balaban J connectivity index is 2.07. The third-order valence-electron chi connectivity index (χ3n) is 4.37. The van der Waals surface area contributed by atoms with Gasteiger partial charge in [-0.15, -0.1) is 12.3 Å². The molecule has 4 unspecified atom stereocenters. The first-order valence-electron chi connectivity index (χ1n) is 5.88. The van der Waals surface area contributed by atoms with Gasteiger partial charge in [0.1, 0.15) is 0 Å². The Morgan fingerprint density at radius 1 is 1.21 bits per heavy atom. The van der Waals surface area contributed by atoms with Crippen LogP contribution in [0.15, 0.2) is 0 Å². The molecule has 0 aromatic carbocycles. The monoisotopic (exact) mass is 192 g/mol. The van der Waals surface area contributed by atoms with Crippen LogP contribution in [0.3, 0.4) is 0 Å². The maximum absolute atomic E-state index is 9.90. The van der Waals surface area contributed by atoms with Crippen molar-refractivity contribution < 1.29 is 5.11 Å². The molecule has 0 aliphatic heterocycles. The molecule has 0 heterocycles. The van der Waals surface area contributed by atoms with Crippen LogP contribution in [0.5, 0.6) is 0 Å². The second-order valence-electron chi connectivity index (χ2n) is 5.02. The maximum atomic E-state index is 9.90. The minimum absolute atomic E-state index is 0.0382. The largest absolute Gasteiger partial charge is 0.393 e. The molecule has 1 heteroatoms. The molecule has 78 valence electrons. The highest BCUT2D eigenvalue weighted by atomic mass is 16.3. The van der Waals surface area contributed by atoms with E-state index in [1.54, 1.807) is 0 Å². The van der Waals surface area contributed by atoms with Gasteiger partial charge in [-0.3, -0.25) is 0 Å². The molecule has 2 saturated carbocycles. The Kier molecular flexibility index (Phi) is 2.83. The molecule has 5 atom stereocenters. The quantitative estimate of drug-likeness (QED) is 0.633. The molecule has 2 fully saturated rings. The van der Waals surface area contributed by atoms with Crippen molar-refractivity contribution >= 4 is 0 Å². The number of hydrogen-bond acceptors (Lipinski definition) is 1. The third-order valence-corrected chi connectivity index (χ3v) is 4.37. The summed E-state index contributed by atoms with van der Waals surface area (Å²) in [6, 6.07) is 0. The summed E-state index contributed by atoms with van der Waals surface area (Å²) >= 11 is 0. The van der Waals surface area contributed by atoms with Crippen LogP contribution in [0.25, 0.3) is 0 Å². The van der Waals surface area contributed by atoms with E-state index in [0.29, 0.717) is 23.7 Å². The normalized spacial score (nSPS) is 44.1. The van der Waals surface area contributed by atoms with Gasteiger partial charge in [-0.2, -0.15) is 0 Å². The zero-order valence-electron chi connectivity index (χ0n) is 8.95. The van der Waals surface area contributed by atoms with Crippen LogP contribution in [-0.4, -0.2) is 11.2 Å². The summed E-state index contributed by atoms with van der Waals surface area (Å²) in [4.78, 5) is 0. The third kappa shape index (κ3) is 1.57. The van der Waals surface area contributed by atoms with Crippen molar-refractivity contribution in [3.8, 4) is 12.3 Å². The van der Waals surface area contributed by atoms with E-state index < -0.39 is 0 Å². The fourth-order valence-corrected chi connectivity index (χ4v) is 3.56. The van der Waals surface area contributed by atoms with E-state index in [2.05, 4.69) is 12.8 Å². The lowest BCUT2D eigenvalue weighted by molar-refractivity contribution is 0.0345. The molecular formula is C13H20O. The Bertz CT molecular complexity index is 240. The zero-order chi connectivity index (χ0) is 10.1. The summed E-state index contributed by atoms with van der Waals surface area (Å²) in [5.74, 6) is 5.22. The molecule has 2 aliphatic carbocycles. The Morgan fingerprint density at radius 2 is 2.00 bits per heavy atom. The molecule has 0 bridgehead atoms. The van der Waals surface area contributed by atoms with Gasteiger partial charge < -0.3 is 5.11 Å². The summed E-state index contributed by atoms with van der Waals surface area (Å²) in [6.07, 6.45) is 11.4. The van der Waals surface area contributed by atoms with E-state index in [0.717, 1.165) is 6.42 Å². The fraction of sp³-hybridized carbons (Fsp3) is 0.846. The van der Waals surface area contributed by atoms with Crippen LogP contribution in [0, 0.1) is 36.0 Å². The summed E-state index contributed by atoms with van der Waals surface area (Å²) in [5, 5.41) is 9.90. The fourth-order valence-electron chi connectivity index (χ4n) is 3.56. The zero-order valence-corrected chi connectivity index (χ0v) is 8.95. The number of aliphatic hydroxyl groups excluding tert-OH is 1. The second kappa shape index (κ2) is 3.95. The van der Waals surface area contributed by atoms with Gasteiger partial charge in [-0.25, -0.2) is 0 Å². The number of terminal acetylenes is 1. The summed E-state index contributed by atoms with van der Waals surface area (Å²) in [5.41, 5.74) is 0. The van der Waals surface area contributed by atoms with Gasteiger partial charge in [-0.05, 0) is 43.4 Å². The molecule has 0 saturated heterocycles. The summed E-state index contributed by atoms with van der Waals surface area (Å²) < 4.78 is 0. The van der Waals surface area contributed by atoms with Gasteiger partial charge in [-0.1, -0.05) is 13.3 Å². The topological polar surface area (TPSA) is 20.2 Å². The minimum Gasteiger partial charge on any atom is -0.393 e. The van der Waals surface area contributed by atoms with Gasteiger partial charge >= 0.3 is 0 Å². The first kappa shape index (κ1) is 10.1. The van der Waals surface area contributed by atoms with Crippen molar-refractivity contribution in [3.05, 3.63) is 0 Å². The molecule has 0 aromatic heterocycles. The number of aliphatic hydroxyl groups is 1. The van der Waals surface area contributed by atoms with E-state index in [4.69, 9.17) is 6.42 Å². The van der Waals surface area contributed by atoms with Crippen LogP contribution >= 0.6 is 0 Å². The Morgan fingerprint density at radius 3 is 2.71 bits per heavy atom. The van der Waals surface area contributed by atoms with Gasteiger partial charge in [0.2, 0.25) is 0 Å². The predicted molar refractivity (Wildman–Crippen MR) is 57.6 cm³/mol. The van der Waals surface area contributed by atoms with E-state index in [1.165, 1.54) is 25.7 Å². The van der Waals surface area contributed by atoms with Crippen molar-refractivity contribution in [2.45, 2.75) is 45.1 Å². The molecule has 0 amide bonds. The van der Waals surface area contributed by atoms with E-state index in [-0.39, 0.29) is 6.10 Å². The molecule has 1 N–H and O–H groups in total. The molecule has 2 aliphatic rings. The van der Waals surface area contributed by atoms with E-state index >= 15 is 0 Å². The second-order valence-corrected chi connectivity index (χ2v) is 5.02. The minimum atomic E-state index is -0.0382.